The molecule has 11 nitrogen and oxygen atoms in total. The first-order chi connectivity index (χ1) is 27.2. The molecule has 1 heterocycles. The summed E-state index contributed by atoms with van der Waals surface area (Å²) in [6, 6.07) is 0. The van der Waals surface area contributed by atoms with Gasteiger partial charge in [0.2, 0.25) is 0 Å². The van der Waals surface area contributed by atoms with Crippen LogP contribution in [0.4, 0.5) is 0 Å². The van der Waals surface area contributed by atoms with Gasteiger partial charge in [-0.1, -0.05) is 152 Å². The van der Waals surface area contributed by atoms with Crippen molar-refractivity contribution in [3.63, 3.8) is 0 Å². The Morgan fingerprint density at radius 1 is 0.643 bits per heavy atom. The maximum absolute atomic E-state index is 12.6. The molecular formula is C44H75O11P. The van der Waals surface area contributed by atoms with Crippen LogP contribution in [0.3, 0.4) is 0 Å². The van der Waals surface area contributed by atoms with Crippen molar-refractivity contribution in [1.82, 2.24) is 0 Å². The van der Waals surface area contributed by atoms with E-state index in [4.69, 9.17) is 23.8 Å². The topological polar surface area (TPSA) is 161 Å². The van der Waals surface area contributed by atoms with Gasteiger partial charge >= 0.3 is 19.8 Å². The number of hydrogen-bond donors (Lipinski definition) is 3. The van der Waals surface area contributed by atoms with Crippen LogP contribution in [0.1, 0.15) is 155 Å². The third-order valence-corrected chi connectivity index (χ3v) is 10.1. The summed E-state index contributed by atoms with van der Waals surface area (Å²) in [6.07, 6.45) is 41.0. The van der Waals surface area contributed by atoms with Crippen LogP contribution in [0.2, 0.25) is 0 Å². The SMILES string of the molecule is CC/C=C\CC1OC1C/C=C\C/C=C\C/C=C\C/C=C\CCC(=O)OC[C@H](COP(=O)(O)OC[C@@H](O)CO)OC(=O)CCCCCCCCCCCCCCC. The van der Waals surface area contributed by atoms with Crippen molar-refractivity contribution >= 4 is 19.8 Å². The summed E-state index contributed by atoms with van der Waals surface area (Å²) in [5, 5.41) is 18.3. The van der Waals surface area contributed by atoms with Crippen molar-refractivity contribution in [2.75, 3.05) is 26.4 Å². The Morgan fingerprint density at radius 3 is 1.70 bits per heavy atom. The molecule has 0 aromatic carbocycles. The Labute approximate surface area is 338 Å². The third-order valence-electron chi connectivity index (χ3n) is 9.10. The molecule has 5 atom stereocenters. The average Bonchev–Trinajstić information content (AvgIpc) is 3.94. The van der Waals surface area contributed by atoms with E-state index in [-0.39, 0.29) is 19.4 Å². The highest BCUT2D eigenvalue weighted by atomic mass is 31.2. The van der Waals surface area contributed by atoms with Crippen molar-refractivity contribution in [1.29, 1.82) is 0 Å². The fraction of sp³-hybridized carbons (Fsp3) is 0.727. The van der Waals surface area contributed by atoms with Crippen LogP contribution in [0, 0.1) is 0 Å². The first-order valence-corrected chi connectivity index (χ1v) is 22.9. The van der Waals surface area contributed by atoms with E-state index in [1.165, 1.54) is 57.8 Å². The number of aliphatic hydroxyl groups excluding tert-OH is 2. The van der Waals surface area contributed by atoms with Crippen LogP contribution in [-0.2, 0) is 37.4 Å². The summed E-state index contributed by atoms with van der Waals surface area (Å²) in [5.74, 6) is -1.03. The molecule has 0 aromatic rings. The highest BCUT2D eigenvalue weighted by molar-refractivity contribution is 7.47. The van der Waals surface area contributed by atoms with Crippen molar-refractivity contribution in [3.05, 3.63) is 60.8 Å². The number of unbranched alkanes of at least 4 members (excludes halogenated alkanes) is 12. The number of phosphoric ester groups is 1. The molecule has 0 spiro atoms. The van der Waals surface area contributed by atoms with Crippen LogP contribution in [0.5, 0.6) is 0 Å². The second kappa shape index (κ2) is 35.8. The lowest BCUT2D eigenvalue weighted by Gasteiger charge is -2.20. The molecule has 0 saturated carbocycles. The number of ether oxygens (including phenoxy) is 3. The lowest BCUT2D eigenvalue weighted by atomic mass is 10.0. The summed E-state index contributed by atoms with van der Waals surface area (Å²) in [7, 11) is -4.64. The van der Waals surface area contributed by atoms with E-state index in [1.807, 2.05) is 12.2 Å². The molecule has 12 heteroatoms. The third kappa shape index (κ3) is 32.7. The van der Waals surface area contributed by atoms with Crippen LogP contribution in [-0.4, -0.2) is 77.9 Å². The van der Waals surface area contributed by atoms with Crippen molar-refractivity contribution < 1.29 is 52.5 Å². The zero-order valence-electron chi connectivity index (χ0n) is 34.5. The molecule has 56 heavy (non-hydrogen) atoms. The minimum Gasteiger partial charge on any atom is -0.462 e. The Morgan fingerprint density at radius 2 is 1.14 bits per heavy atom. The van der Waals surface area contributed by atoms with E-state index in [1.54, 1.807) is 0 Å². The largest absolute Gasteiger partial charge is 0.472 e. The van der Waals surface area contributed by atoms with Gasteiger partial charge in [-0.05, 0) is 51.4 Å². The van der Waals surface area contributed by atoms with Gasteiger partial charge in [0.25, 0.3) is 0 Å². The molecule has 1 aliphatic heterocycles. The zero-order chi connectivity index (χ0) is 41.0. The van der Waals surface area contributed by atoms with Gasteiger partial charge in [-0.25, -0.2) is 4.57 Å². The second-order valence-electron chi connectivity index (χ2n) is 14.4. The predicted molar refractivity (Wildman–Crippen MR) is 223 cm³/mol. The number of phosphoric acid groups is 1. The lowest BCUT2D eigenvalue weighted by Crippen LogP contribution is -2.29. The summed E-state index contributed by atoms with van der Waals surface area (Å²) in [5.41, 5.74) is 0. The van der Waals surface area contributed by atoms with Crippen LogP contribution in [0.25, 0.3) is 0 Å². The highest BCUT2D eigenvalue weighted by Crippen LogP contribution is 2.43. The molecule has 1 aliphatic rings. The number of carbonyl (C=O) groups excluding carboxylic acids is 2. The van der Waals surface area contributed by atoms with E-state index in [0.29, 0.717) is 25.0 Å². The average molecular weight is 811 g/mol. The van der Waals surface area contributed by atoms with Crippen LogP contribution in [0.15, 0.2) is 60.8 Å². The maximum Gasteiger partial charge on any atom is 0.472 e. The summed E-state index contributed by atoms with van der Waals surface area (Å²) in [4.78, 5) is 34.9. The number of hydrogen-bond acceptors (Lipinski definition) is 10. The second-order valence-corrected chi connectivity index (χ2v) is 15.8. The zero-order valence-corrected chi connectivity index (χ0v) is 35.4. The molecule has 1 saturated heterocycles. The quantitative estimate of drug-likeness (QED) is 0.0179. The van der Waals surface area contributed by atoms with E-state index in [2.05, 4.69) is 67.0 Å². The van der Waals surface area contributed by atoms with Gasteiger partial charge in [-0.15, -0.1) is 0 Å². The van der Waals surface area contributed by atoms with Gasteiger partial charge in [0.05, 0.1) is 32.0 Å². The van der Waals surface area contributed by atoms with E-state index in [0.717, 1.165) is 57.8 Å². The predicted octanol–water partition coefficient (Wildman–Crippen LogP) is 10.1. The molecule has 0 aromatic heterocycles. The molecule has 322 valence electrons. The molecular weight excluding hydrogens is 735 g/mol. The van der Waals surface area contributed by atoms with Gasteiger partial charge < -0.3 is 29.3 Å². The highest BCUT2D eigenvalue weighted by Gasteiger charge is 2.36. The number of esters is 2. The van der Waals surface area contributed by atoms with Gasteiger partial charge in [-0.2, -0.15) is 0 Å². The van der Waals surface area contributed by atoms with Crippen molar-refractivity contribution in [3.8, 4) is 0 Å². The van der Waals surface area contributed by atoms with Crippen molar-refractivity contribution in [2.45, 2.75) is 180 Å². The van der Waals surface area contributed by atoms with Crippen molar-refractivity contribution in [2.24, 2.45) is 0 Å². The van der Waals surface area contributed by atoms with Gasteiger partial charge in [0, 0.05) is 12.8 Å². The van der Waals surface area contributed by atoms with Crippen LogP contribution >= 0.6 is 7.82 Å². The minimum atomic E-state index is -4.64. The molecule has 0 aliphatic carbocycles. The molecule has 3 N–H and O–H groups in total. The number of carbonyl (C=O) groups is 2. The van der Waals surface area contributed by atoms with Gasteiger partial charge in [0.15, 0.2) is 6.10 Å². The fourth-order valence-electron chi connectivity index (χ4n) is 5.71. The standard InChI is InChI=1S/C44H75O11P/c1-3-5-7-8-9-10-11-12-17-20-23-26-30-34-44(48)54-40(38-53-56(49,50)52-36-39(46)35-45)37-51-43(47)33-29-25-22-19-16-14-13-15-18-21-24-28-32-42-41(55-42)31-27-6-4-2/h6,14-16,18,22,24-25,27-28,39-42,45-46H,3-5,7-13,17,19-21,23,26,29-38H2,1-2H3,(H,49,50)/b16-14-,18-15-,25-22-,27-6-,28-24-/t39-,40+,41?,42?/m0/s1. The lowest BCUT2D eigenvalue weighted by molar-refractivity contribution is -0.161. The molecule has 0 amide bonds. The van der Waals surface area contributed by atoms with Crippen LogP contribution < -0.4 is 0 Å². The molecule has 3 unspecified atom stereocenters. The smallest absolute Gasteiger partial charge is 0.462 e. The van der Waals surface area contributed by atoms with Gasteiger partial charge in [-0.3, -0.25) is 18.6 Å². The Hall–Kier alpha value is -2.37. The minimum absolute atomic E-state index is 0.112. The summed E-state index contributed by atoms with van der Waals surface area (Å²) in [6.45, 7) is 2.16. The van der Waals surface area contributed by atoms with Gasteiger partial charge in [0.1, 0.15) is 12.7 Å². The molecule has 0 radical (unpaired) electrons. The monoisotopic (exact) mass is 811 g/mol. The number of allylic oxidation sites excluding steroid dienone is 8. The van der Waals surface area contributed by atoms with E-state index < -0.39 is 51.8 Å². The Balaban J connectivity index is 2.29. The van der Waals surface area contributed by atoms with E-state index in [9.17, 15) is 24.2 Å². The maximum atomic E-state index is 12.6. The normalized spacial score (nSPS) is 18.1. The Bertz CT molecular complexity index is 1180. The number of epoxide rings is 1. The Kier molecular flexibility index (Phi) is 33.0. The first kappa shape index (κ1) is 51.6. The molecule has 0 bridgehead atoms. The van der Waals surface area contributed by atoms with E-state index >= 15 is 0 Å². The first-order valence-electron chi connectivity index (χ1n) is 21.4. The summed E-state index contributed by atoms with van der Waals surface area (Å²) < 4.78 is 38.3. The summed E-state index contributed by atoms with van der Waals surface area (Å²) >= 11 is 0. The number of aliphatic hydroxyl groups is 2. The number of rotatable bonds is 38. The fourth-order valence-corrected chi connectivity index (χ4v) is 6.50. The molecule has 1 fully saturated rings. The molecule has 1 rings (SSSR count).